The van der Waals surface area contributed by atoms with Crippen LogP contribution in [0.3, 0.4) is 0 Å². The molecule has 0 amide bonds. The molecule has 0 bridgehead atoms. The molecule has 0 N–H and O–H groups in total. The van der Waals surface area contributed by atoms with Crippen LogP contribution in [0.2, 0.25) is 0 Å². The van der Waals surface area contributed by atoms with E-state index in [9.17, 15) is 14.4 Å². The van der Waals surface area contributed by atoms with E-state index in [0.717, 1.165) is 116 Å². The highest BCUT2D eigenvalue weighted by Gasteiger charge is 2.19. The number of carbonyl (C=O) groups is 3. The lowest BCUT2D eigenvalue weighted by atomic mass is 10.0. The van der Waals surface area contributed by atoms with Crippen LogP contribution >= 0.6 is 0 Å². The summed E-state index contributed by atoms with van der Waals surface area (Å²) in [5.41, 5.74) is 0. The van der Waals surface area contributed by atoms with Gasteiger partial charge in [-0.25, -0.2) is 0 Å². The smallest absolute Gasteiger partial charge is 0.306 e. The van der Waals surface area contributed by atoms with Crippen LogP contribution in [0.1, 0.15) is 323 Å². The largest absolute Gasteiger partial charge is 0.462 e. The van der Waals surface area contributed by atoms with Crippen molar-refractivity contribution in [1.82, 2.24) is 0 Å². The highest BCUT2D eigenvalue weighted by atomic mass is 16.6. The lowest BCUT2D eigenvalue weighted by Crippen LogP contribution is -2.30. The van der Waals surface area contributed by atoms with Crippen LogP contribution in [0.15, 0.2) is 85.1 Å². The number of carbonyl (C=O) groups excluding carboxylic acids is 3. The summed E-state index contributed by atoms with van der Waals surface area (Å²) in [6, 6.07) is 0. The van der Waals surface area contributed by atoms with Crippen molar-refractivity contribution >= 4 is 17.9 Å². The van der Waals surface area contributed by atoms with Crippen LogP contribution < -0.4 is 0 Å². The molecule has 0 heterocycles. The van der Waals surface area contributed by atoms with Gasteiger partial charge >= 0.3 is 17.9 Å². The monoisotopic (exact) mass is 1060 g/mol. The van der Waals surface area contributed by atoms with Crippen LogP contribution in [-0.4, -0.2) is 37.2 Å². The maximum atomic E-state index is 12.8. The van der Waals surface area contributed by atoms with Gasteiger partial charge in [0.1, 0.15) is 13.2 Å². The molecular weight excluding hydrogens is 937 g/mol. The molecule has 0 aliphatic rings. The molecule has 1 atom stereocenters. The van der Waals surface area contributed by atoms with Gasteiger partial charge in [-0.05, 0) is 96.3 Å². The minimum Gasteiger partial charge on any atom is -0.462 e. The molecule has 438 valence electrons. The zero-order chi connectivity index (χ0) is 55.0. The number of allylic oxidation sites excluding steroid dienone is 14. The molecule has 0 aliphatic heterocycles. The summed E-state index contributed by atoms with van der Waals surface area (Å²) in [5.74, 6) is -0.883. The van der Waals surface area contributed by atoms with Crippen molar-refractivity contribution in [2.24, 2.45) is 0 Å². The number of hydrogen-bond acceptors (Lipinski definition) is 6. The first kappa shape index (κ1) is 72.6. The lowest BCUT2D eigenvalue weighted by molar-refractivity contribution is -0.167. The van der Waals surface area contributed by atoms with Crippen LogP contribution in [0, 0.1) is 0 Å². The highest BCUT2D eigenvalue weighted by molar-refractivity contribution is 5.71. The molecular formula is C70H122O6. The van der Waals surface area contributed by atoms with Crippen LogP contribution in [0.25, 0.3) is 0 Å². The zero-order valence-corrected chi connectivity index (χ0v) is 50.3. The Morgan fingerprint density at radius 3 is 0.829 bits per heavy atom. The van der Waals surface area contributed by atoms with Gasteiger partial charge in [0.25, 0.3) is 0 Å². The molecule has 76 heavy (non-hydrogen) atoms. The van der Waals surface area contributed by atoms with E-state index in [-0.39, 0.29) is 31.1 Å². The van der Waals surface area contributed by atoms with Crippen molar-refractivity contribution in [3.05, 3.63) is 85.1 Å². The van der Waals surface area contributed by atoms with E-state index < -0.39 is 6.10 Å². The Labute approximate surface area is 471 Å². The molecule has 0 aromatic heterocycles. The van der Waals surface area contributed by atoms with E-state index in [1.54, 1.807) is 0 Å². The van der Waals surface area contributed by atoms with Gasteiger partial charge in [-0.15, -0.1) is 0 Å². The Bertz CT molecular complexity index is 1450. The number of rotatable bonds is 59. The van der Waals surface area contributed by atoms with Gasteiger partial charge in [0.2, 0.25) is 0 Å². The third-order valence-corrected chi connectivity index (χ3v) is 14.1. The number of ether oxygens (including phenoxy) is 3. The predicted octanol–water partition coefficient (Wildman–Crippen LogP) is 22.3. The second-order valence-corrected chi connectivity index (χ2v) is 21.6. The minimum atomic E-state index is -0.778. The maximum absolute atomic E-state index is 12.8. The zero-order valence-electron chi connectivity index (χ0n) is 50.3. The van der Waals surface area contributed by atoms with Gasteiger partial charge < -0.3 is 14.2 Å². The fourth-order valence-corrected chi connectivity index (χ4v) is 9.27. The molecule has 0 rings (SSSR count). The third kappa shape index (κ3) is 61.4. The van der Waals surface area contributed by atoms with Crippen molar-refractivity contribution in [3.8, 4) is 0 Å². The summed E-state index contributed by atoms with van der Waals surface area (Å²) >= 11 is 0. The van der Waals surface area contributed by atoms with Crippen molar-refractivity contribution in [2.45, 2.75) is 329 Å². The SMILES string of the molecule is CC/C=C\C/C=C\C/C=C\C/C=C\C/C=C\CCCCCCCCCCCCCCCCCCCCCC(=O)OCC(COC(=O)CCCCCCCCCC)OC(=O)CCCCCCC/C=C\C/C=C\CCCCC. The number of hydrogen-bond donors (Lipinski definition) is 0. The van der Waals surface area contributed by atoms with E-state index in [4.69, 9.17) is 14.2 Å². The Balaban J connectivity index is 4.00. The molecule has 0 saturated carbocycles. The summed E-state index contributed by atoms with van der Waals surface area (Å²) in [4.78, 5) is 38.1. The molecule has 0 aromatic rings. The van der Waals surface area contributed by atoms with Gasteiger partial charge in [-0.3, -0.25) is 14.4 Å². The first-order valence-corrected chi connectivity index (χ1v) is 32.6. The van der Waals surface area contributed by atoms with Gasteiger partial charge in [0.15, 0.2) is 6.10 Å². The van der Waals surface area contributed by atoms with Crippen LogP contribution in [0.5, 0.6) is 0 Å². The maximum Gasteiger partial charge on any atom is 0.306 e. The highest BCUT2D eigenvalue weighted by Crippen LogP contribution is 2.17. The quantitative estimate of drug-likeness (QED) is 0.0261. The van der Waals surface area contributed by atoms with E-state index >= 15 is 0 Å². The van der Waals surface area contributed by atoms with E-state index in [1.807, 2.05) is 0 Å². The molecule has 0 aromatic carbocycles. The van der Waals surface area contributed by atoms with Gasteiger partial charge in [-0.2, -0.15) is 0 Å². The van der Waals surface area contributed by atoms with E-state index in [2.05, 4.69) is 106 Å². The third-order valence-electron chi connectivity index (χ3n) is 14.1. The van der Waals surface area contributed by atoms with Crippen molar-refractivity contribution in [3.63, 3.8) is 0 Å². The fourth-order valence-electron chi connectivity index (χ4n) is 9.27. The summed E-state index contributed by atoms with van der Waals surface area (Å²) in [5, 5.41) is 0. The molecule has 6 nitrogen and oxygen atoms in total. The van der Waals surface area contributed by atoms with Crippen molar-refractivity contribution in [2.75, 3.05) is 13.2 Å². The summed E-state index contributed by atoms with van der Waals surface area (Å²) in [6.07, 6.45) is 84.8. The second-order valence-electron chi connectivity index (χ2n) is 21.6. The Kier molecular flexibility index (Phi) is 61.2. The normalized spacial score (nSPS) is 12.6. The first-order valence-electron chi connectivity index (χ1n) is 32.6. The van der Waals surface area contributed by atoms with Gasteiger partial charge in [0.05, 0.1) is 0 Å². The summed E-state index contributed by atoms with van der Waals surface area (Å²) < 4.78 is 16.8. The Morgan fingerprint density at radius 1 is 0.276 bits per heavy atom. The molecule has 1 unspecified atom stereocenters. The second kappa shape index (κ2) is 64.1. The predicted molar refractivity (Wildman–Crippen MR) is 330 cm³/mol. The molecule has 6 heteroatoms. The first-order chi connectivity index (χ1) is 37.5. The van der Waals surface area contributed by atoms with E-state index in [1.165, 1.54) is 167 Å². The fraction of sp³-hybridized carbons (Fsp3) is 0.757. The van der Waals surface area contributed by atoms with Crippen LogP contribution in [0.4, 0.5) is 0 Å². The molecule has 0 fully saturated rings. The molecule has 0 aliphatic carbocycles. The topological polar surface area (TPSA) is 78.9 Å². The average molecular weight is 1060 g/mol. The Morgan fingerprint density at radius 2 is 0.513 bits per heavy atom. The Hall–Kier alpha value is -3.41. The molecule has 0 radical (unpaired) electrons. The van der Waals surface area contributed by atoms with Gasteiger partial charge in [0, 0.05) is 19.3 Å². The molecule has 0 saturated heterocycles. The number of esters is 3. The van der Waals surface area contributed by atoms with Crippen LogP contribution in [-0.2, 0) is 28.6 Å². The summed E-state index contributed by atoms with van der Waals surface area (Å²) in [6.45, 7) is 6.48. The number of unbranched alkanes of at least 4 members (excludes halogenated alkanes) is 34. The minimum absolute atomic E-state index is 0.0773. The summed E-state index contributed by atoms with van der Waals surface area (Å²) in [7, 11) is 0. The van der Waals surface area contributed by atoms with Crippen molar-refractivity contribution < 1.29 is 28.6 Å². The van der Waals surface area contributed by atoms with Crippen molar-refractivity contribution in [1.29, 1.82) is 0 Å². The van der Waals surface area contributed by atoms with Gasteiger partial charge in [-0.1, -0.05) is 292 Å². The van der Waals surface area contributed by atoms with E-state index in [0.29, 0.717) is 19.3 Å². The standard InChI is InChI=1S/C70H122O6/c1-4-7-10-13-16-19-21-23-25-26-27-28-29-30-31-32-33-34-35-36-37-38-39-40-41-42-43-44-46-47-49-51-54-57-60-63-69(72)75-66-67(65-74-68(71)62-59-56-53-18-15-12-9-6-3)76-70(73)64-61-58-55-52-50-48-45-24-22-20-17-14-11-8-5-2/h7,10,16-17,19-20,23-25,27-28,30-31,45,67H,4-6,8-9,11-15,18,21-22,26,29,32-44,46-66H2,1-3H3/b10-7-,19-16-,20-17-,25-23-,28-27-,31-30-,45-24-. The molecule has 0 spiro atoms. The lowest BCUT2D eigenvalue weighted by Gasteiger charge is -2.18. The average Bonchev–Trinajstić information content (AvgIpc) is 3.42.